The highest BCUT2D eigenvalue weighted by Crippen LogP contribution is 2.37. The second kappa shape index (κ2) is 9.92. The largest absolute Gasteiger partial charge is 0.550 e. The van der Waals surface area contributed by atoms with E-state index in [2.05, 4.69) is 5.43 Å². The number of benzene rings is 3. The van der Waals surface area contributed by atoms with Gasteiger partial charge in [0, 0.05) is 29.7 Å². The molecule has 0 aliphatic carbocycles. The van der Waals surface area contributed by atoms with E-state index in [-0.39, 0.29) is 18.7 Å². The zero-order valence-electron chi connectivity index (χ0n) is 19.8. The maximum absolute atomic E-state index is 13.2. The van der Waals surface area contributed by atoms with Gasteiger partial charge in [-0.3, -0.25) is 10.2 Å². The SMILES string of the molecule is Cc1ccc(-c2nn(-c3ccccc3)cc2[C@H]2C=C(c3ccccc3)NN2C(=O)CCC(=O)[O-])cc1. The predicted octanol–water partition coefficient (Wildman–Crippen LogP) is 3.81. The molecule has 1 N–H and O–H groups in total. The molecule has 180 valence electrons. The molecule has 7 heteroatoms. The molecule has 0 radical (unpaired) electrons. The van der Waals surface area contributed by atoms with Crippen molar-refractivity contribution in [1.29, 1.82) is 0 Å². The third-order valence-corrected chi connectivity index (χ3v) is 6.15. The standard InChI is InChI=1S/C29H26N4O3/c1-20-12-14-22(15-13-20)29-24(19-32(31-29)23-10-6-3-7-11-23)26-18-25(21-8-4-2-5-9-21)30-33(26)27(34)16-17-28(35)36/h2-15,18-19,26,30H,16-17H2,1H3,(H,35,36)/p-1/t26-/m1/s1. The van der Waals surface area contributed by atoms with Crippen LogP contribution < -0.4 is 10.5 Å². The van der Waals surface area contributed by atoms with Crippen molar-refractivity contribution in [2.75, 3.05) is 0 Å². The number of rotatable bonds is 7. The van der Waals surface area contributed by atoms with E-state index in [0.29, 0.717) is 0 Å². The van der Waals surface area contributed by atoms with Gasteiger partial charge in [-0.1, -0.05) is 78.4 Å². The van der Waals surface area contributed by atoms with Gasteiger partial charge in [0.05, 0.1) is 17.1 Å². The highest BCUT2D eigenvalue weighted by atomic mass is 16.4. The summed E-state index contributed by atoms with van der Waals surface area (Å²) in [6.45, 7) is 2.03. The fourth-order valence-electron chi connectivity index (χ4n) is 4.28. The lowest BCUT2D eigenvalue weighted by atomic mass is 10.00. The number of hydrogen-bond acceptors (Lipinski definition) is 5. The van der Waals surface area contributed by atoms with Crippen molar-refractivity contribution in [2.24, 2.45) is 0 Å². The zero-order chi connectivity index (χ0) is 25.1. The number of carbonyl (C=O) groups is 2. The van der Waals surface area contributed by atoms with Crippen LogP contribution in [0.5, 0.6) is 0 Å². The average Bonchev–Trinajstić information content (AvgIpc) is 3.54. The van der Waals surface area contributed by atoms with Crippen LogP contribution in [0.15, 0.2) is 97.2 Å². The lowest BCUT2D eigenvalue weighted by Gasteiger charge is -2.25. The fourth-order valence-corrected chi connectivity index (χ4v) is 4.28. The third kappa shape index (κ3) is 4.77. The molecule has 0 bridgehead atoms. The molecule has 1 aliphatic heterocycles. The van der Waals surface area contributed by atoms with Gasteiger partial charge in [-0.05, 0) is 37.1 Å². The van der Waals surface area contributed by atoms with Gasteiger partial charge in [-0.25, -0.2) is 9.69 Å². The Hall–Kier alpha value is -4.65. The summed E-state index contributed by atoms with van der Waals surface area (Å²) in [4.78, 5) is 24.2. The lowest BCUT2D eigenvalue weighted by molar-refractivity contribution is -0.305. The molecular formula is C29H25N4O3-. The Morgan fingerprint density at radius 2 is 1.56 bits per heavy atom. The number of nitrogens with one attached hydrogen (secondary N) is 1. The van der Waals surface area contributed by atoms with Crippen LogP contribution in [0.3, 0.4) is 0 Å². The number of nitrogens with zero attached hydrogens (tertiary/aromatic N) is 3. The maximum atomic E-state index is 13.2. The first-order chi connectivity index (χ1) is 17.5. The van der Waals surface area contributed by atoms with Crippen molar-refractivity contribution in [3.8, 4) is 16.9 Å². The van der Waals surface area contributed by atoms with E-state index >= 15 is 0 Å². The summed E-state index contributed by atoms with van der Waals surface area (Å²) >= 11 is 0. The summed E-state index contributed by atoms with van der Waals surface area (Å²) in [5.41, 5.74) is 9.42. The van der Waals surface area contributed by atoms with Crippen molar-refractivity contribution in [1.82, 2.24) is 20.2 Å². The molecular weight excluding hydrogens is 452 g/mol. The Labute approximate surface area is 209 Å². The minimum absolute atomic E-state index is 0.172. The predicted molar refractivity (Wildman–Crippen MR) is 135 cm³/mol. The first-order valence-corrected chi connectivity index (χ1v) is 11.8. The van der Waals surface area contributed by atoms with Crippen molar-refractivity contribution >= 4 is 17.6 Å². The lowest BCUT2D eigenvalue weighted by Crippen LogP contribution is -2.40. The summed E-state index contributed by atoms with van der Waals surface area (Å²) < 4.78 is 1.81. The number of hydrazine groups is 1. The highest BCUT2D eigenvalue weighted by Gasteiger charge is 2.33. The molecule has 4 aromatic rings. The van der Waals surface area contributed by atoms with Gasteiger partial charge in [0.1, 0.15) is 6.04 Å². The van der Waals surface area contributed by atoms with E-state index in [4.69, 9.17) is 5.10 Å². The van der Waals surface area contributed by atoms with Crippen molar-refractivity contribution in [2.45, 2.75) is 25.8 Å². The fraction of sp³-hybridized carbons (Fsp3) is 0.138. The van der Waals surface area contributed by atoms with Crippen LogP contribution >= 0.6 is 0 Å². The van der Waals surface area contributed by atoms with Gasteiger partial charge >= 0.3 is 0 Å². The van der Waals surface area contributed by atoms with Gasteiger partial charge in [0.25, 0.3) is 0 Å². The van der Waals surface area contributed by atoms with Crippen LogP contribution in [-0.2, 0) is 9.59 Å². The molecule has 7 nitrogen and oxygen atoms in total. The molecule has 0 saturated heterocycles. The summed E-state index contributed by atoms with van der Waals surface area (Å²) in [6.07, 6.45) is 3.39. The number of carboxylic acid groups (broad SMARTS) is 1. The van der Waals surface area contributed by atoms with E-state index in [0.717, 1.165) is 39.3 Å². The van der Waals surface area contributed by atoms with Crippen LogP contribution in [-0.4, -0.2) is 26.7 Å². The number of aryl methyl sites for hydroxylation is 1. The first-order valence-electron chi connectivity index (χ1n) is 11.8. The number of aromatic nitrogens is 2. The number of aliphatic carboxylic acids is 1. The molecule has 1 amide bonds. The molecule has 1 aliphatic rings. The number of para-hydroxylation sites is 1. The Kier molecular flexibility index (Phi) is 6.36. The van der Waals surface area contributed by atoms with Crippen LogP contribution in [0.1, 0.15) is 35.6 Å². The molecule has 0 spiro atoms. The summed E-state index contributed by atoms with van der Waals surface area (Å²) in [6, 6.07) is 27.1. The summed E-state index contributed by atoms with van der Waals surface area (Å²) in [7, 11) is 0. The quantitative estimate of drug-likeness (QED) is 0.437. The second-order valence-electron chi connectivity index (χ2n) is 8.72. The molecule has 5 rings (SSSR count). The number of carboxylic acids is 1. The number of hydrogen-bond donors (Lipinski definition) is 1. The highest BCUT2D eigenvalue weighted by molar-refractivity contribution is 5.84. The van der Waals surface area contributed by atoms with E-state index in [1.807, 2.05) is 109 Å². The zero-order valence-corrected chi connectivity index (χ0v) is 19.8. The van der Waals surface area contributed by atoms with Crippen molar-refractivity contribution in [3.05, 3.63) is 114 Å². The number of amides is 1. The summed E-state index contributed by atoms with van der Waals surface area (Å²) in [5.74, 6) is -1.60. The number of carbonyl (C=O) groups excluding carboxylic acids is 2. The first kappa shape index (κ1) is 23.1. The molecule has 3 aromatic carbocycles. The van der Waals surface area contributed by atoms with Crippen LogP contribution in [0.4, 0.5) is 0 Å². The van der Waals surface area contributed by atoms with Gasteiger partial charge in [0.15, 0.2) is 0 Å². The Morgan fingerprint density at radius 3 is 2.22 bits per heavy atom. The van der Waals surface area contributed by atoms with Gasteiger partial charge in [0.2, 0.25) is 5.91 Å². The average molecular weight is 478 g/mol. The molecule has 1 atom stereocenters. The topological polar surface area (TPSA) is 90.3 Å². The maximum Gasteiger partial charge on any atom is 0.242 e. The van der Waals surface area contributed by atoms with E-state index in [1.165, 1.54) is 5.01 Å². The van der Waals surface area contributed by atoms with Gasteiger partial charge in [-0.15, -0.1) is 0 Å². The third-order valence-electron chi connectivity index (χ3n) is 6.15. The van der Waals surface area contributed by atoms with Crippen molar-refractivity contribution < 1.29 is 14.7 Å². The minimum atomic E-state index is -1.26. The Balaban J connectivity index is 1.63. The smallest absolute Gasteiger partial charge is 0.242 e. The van der Waals surface area contributed by atoms with Crippen molar-refractivity contribution in [3.63, 3.8) is 0 Å². The van der Waals surface area contributed by atoms with Crippen LogP contribution in [0.2, 0.25) is 0 Å². The molecule has 0 unspecified atom stereocenters. The molecule has 2 heterocycles. The van der Waals surface area contributed by atoms with Gasteiger partial charge < -0.3 is 9.90 Å². The Bertz CT molecular complexity index is 1410. The summed E-state index contributed by atoms with van der Waals surface area (Å²) in [5, 5.41) is 17.5. The Morgan fingerprint density at radius 1 is 0.889 bits per heavy atom. The van der Waals surface area contributed by atoms with E-state index in [1.54, 1.807) is 0 Å². The molecule has 36 heavy (non-hydrogen) atoms. The van der Waals surface area contributed by atoms with E-state index in [9.17, 15) is 14.7 Å². The molecule has 0 saturated carbocycles. The normalized spacial score (nSPS) is 14.9. The van der Waals surface area contributed by atoms with Gasteiger partial charge in [-0.2, -0.15) is 5.10 Å². The molecule has 1 aromatic heterocycles. The minimum Gasteiger partial charge on any atom is -0.550 e. The van der Waals surface area contributed by atoms with Crippen LogP contribution in [0, 0.1) is 6.92 Å². The van der Waals surface area contributed by atoms with E-state index < -0.39 is 12.0 Å². The van der Waals surface area contributed by atoms with Crippen LogP contribution in [0.25, 0.3) is 22.6 Å². The monoisotopic (exact) mass is 477 g/mol. The second-order valence-corrected chi connectivity index (χ2v) is 8.72. The molecule has 0 fully saturated rings.